The molecule has 2 saturated heterocycles. The van der Waals surface area contributed by atoms with E-state index in [0.29, 0.717) is 37.6 Å². The molecule has 1 aromatic rings. The molecule has 2 aliphatic rings. The molecule has 3 rings (SSSR count). The minimum Gasteiger partial charge on any atom is -0.391 e. The number of nitrogens with zero attached hydrogens (tertiary/aromatic N) is 3. The maximum absolute atomic E-state index is 12.6. The van der Waals surface area contributed by atoms with Gasteiger partial charge in [0.2, 0.25) is 0 Å². The van der Waals surface area contributed by atoms with E-state index in [1.54, 1.807) is 29.2 Å². The summed E-state index contributed by atoms with van der Waals surface area (Å²) in [4.78, 5) is 32.6. The number of hydrogen-bond acceptors (Lipinski definition) is 7. The van der Waals surface area contributed by atoms with Gasteiger partial charge < -0.3 is 42.4 Å². The summed E-state index contributed by atoms with van der Waals surface area (Å²) in [6.07, 6.45) is 0.898. The molecule has 1 aromatic carbocycles. The fourth-order valence-corrected chi connectivity index (χ4v) is 3.45. The normalized spacial score (nSPS) is 20.9. The number of amides is 2. The first-order chi connectivity index (χ1) is 14.8. The molecule has 0 bridgehead atoms. The van der Waals surface area contributed by atoms with E-state index in [4.69, 9.17) is 21.9 Å². The molecule has 2 aliphatic heterocycles. The van der Waals surface area contributed by atoms with Crippen LogP contribution in [0.15, 0.2) is 40.8 Å². The SMILES string of the molecule is CN1CCC(N=C(N)N/C(Nc2ccc(C(=O)N3CCOCC3)cc2)=C(\N)C(N)=O)C1. The van der Waals surface area contributed by atoms with E-state index in [1.807, 2.05) is 7.05 Å². The first-order valence-electron chi connectivity index (χ1n) is 10.2. The Morgan fingerprint density at radius 3 is 2.35 bits per heavy atom. The van der Waals surface area contributed by atoms with Crippen molar-refractivity contribution in [1.82, 2.24) is 15.1 Å². The fourth-order valence-electron chi connectivity index (χ4n) is 3.45. The van der Waals surface area contributed by atoms with Gasteiger partial charge in [-0.1, -0.05) is 0 Å². The van der Waals surface area contributed by atoms with Crippen LogP contribution in [0.1, 0.15) is 16.8 Å². The average Bonchev–Trinajstić information content (AvgIpc) is 3.17. The number of likely N-dealkylation sites (N-methyl/N-ethyl adjacent to an activating group) is 1. The molecule has 0 saturated carbocycles. The number of likely N-dealkylation sites (tertiary alicyclic amines) is 1. The second-order valence-corrected chi connectivity index (χ2v) is 7.60. The molecule has 168 valence electrons. The van der Waals surface area contributed by atoms with Crippen LogP contribution in [0.25, 0.3) is 0 Å². The van der Waals surface area contributed by atoms with E-state index in [2.05, 4.69) is 20.5 Å². The monoisotopic (exact) mass is 430 g/mol. The number of primary amides is 1. The summed E-state index contributed by atoms with van der Waals surface area (Å²) in [7, 11) is 2.02. The van der Waals surface area contributed by atoms with Gasteiger partial charge in [0.1, 0.15) is 11.5 Å². The van der Waals surface area contributed by atoms with Crippen LogP contribution in [0.4, 0.5) is 5.69 Å². The van der Waals surface area contributed by atoms with Gasteiger partial charge in [-0.05, 0) is 44.3 Å². The maximum Gasteiger partial charge on any atom is 0.268 e. The summed E-state index contributed by atoms with van der Waals surface area (Å²) in [5.74, 6) is -0.598. The highest BCUT2D eigenvalue weighted by Crippen LogP contribution is 2.15. The van der Waals surface area contributed by atoms with Crippen molar-refractivity contribution in [2.24, 2.45) is 22.2 Å². The quantitative estimate of drug-likeness (QED) is 0.213. The third kappa shape index (κ3) is 6.09. The van der Waals surface area contributed by atoms with Crippen molar-refractivity contribution in [3.8, 4) is 0 Å². The highest BCUT2D eigenvalue weighted by Gasteiger charge is 2.20. The van der Waals surface area contributed by atoms with Crippen molar-refractivity contribution < 1.29 is 14.3 Å². The fraction of sp³-hybridized carbons (Fsp3) is 0.450. The standard InChI is InChI=1S/C20H30N8O3/c1-27-7-6-15(12-27)25-20(23)26-18(16(21)17(22)29)24-14-4-2-13(3-5-14)19(30)28-8-10-31-11-9-28/h2-5,15,24H,6-12,21H2,1H3,(H2,22,29)(H3,23,25,26)/b18-16-. The lowest BCUT2D eigenvalue weighted by Gasteiger charge is -2.27. The molecule has 2 fully saturated rings. The van der Waals surface area contributed by atoms with Crippen LogP contribution in [-0.4, -0.2) is 80.1 Å². The van der Waals surface area contributed by atoms with Crippen molar-refractivity contribution in [3.63, 3.8) is 0 Å². The molecule has 0 aliphatic carbocycles. The summed E-state index contributed by atoms with van der Waals surface area (Å²) < 4.78 is 5.28. The van der Waals surface area contributed by atoms with Gasteiger partial charge >= 0.3 is 0 Å². The number of ether oxygens (including phenoxy) is 1. The molecule has 8 N–H and O–H groups in total. The Labute approximate surface area is 181 Å². The number of nitrogens with two attached hydrogens (primary N) is 3. The Hall–Kier alpha value is -3.31. The van der Waals surface area contributed by atoms with Crippen LogP contribution in [0.2, 0.25) is 0 Å². The van der Waals surface area contributed by atoms with Crippen molar-refractivity contribution in [2.45, 2.75) is 12.5 Å². The number of anilines is 1. The predicted molar refractivity (Wildman–Crippen MR) is 118 cm³/mol. The highest BCUT2D eigenvalue weighted by atomic mass is 16.5. The molecule has 31 heavy (non-hydrogen) atoms. The molecule has 1 unspecified atom stereocenters. The number of rotatable bonds is 6. The molecule has 0 spiro atoms. The van der Waals surface area contributed by atoms with Gasteiger partial charge in [-0.2, -0.15) is 0 Å². The van der Waals surface area contributed by atoms with Crippen LogP contribution >= 0.6 is 0 Å². The van der Waals surface area contributed by atoms with Gasteiger partial charge in [-0.15, -0.1) is 0 Å². The van der Waals surface area contributed by atoms with E-state index < -0.39 is 5.91 Å². The van der Waals surface area contributed by atoms with Crippen LogP contribution in [0.3, 0.4) is 0 Å². The topological polar surface area (TPSA) is 164 Å². The lowest BCUT2D eigenvalue weighted by molar-refractivity contribution is -0.114. The zero-order valence-electron chi connectivity index (χ0n) is 17.6. The third-order valence-electron chi connectivity index (χ3n) is 5.18. The number of aliphatic imine (C=N–C) groups is 1. The smallest absolute Gasteiger partial charge is 0.268 e. The van der Waals surface area contributed by atoms with E-state index >= 15 is 0 Å². The first-order valence-corrected chi connectivity index (χ1v) is 10.2. The van der Waals surface area contributed by atoms with Crippen molar-refractivity contribution in [2.75, 3.05) is 51.8 Å². The average molecular weight is 431 g/mol. The largest absolute Gasteiger partial charge is 0.391 e. The van der Waals surface area contributed by atoms with Crippen molar-refractivity contribution in [1.29, 1.82) is 0 Å². The maximum atomic E-state index is 12.6. The Balaban J connectivity index is 1.69. The van der Waals surface area contributed by atoms with Crippen molar-refractivity contribution >= 4 is 23.5 Å². The van der Waals surface area contributed by atoms with Crippen LogP contribution in [-0.2, 0) is 9.53 Å². The number of morpholine rings is 1. The highest BCUT2D eigenvalue weighted by molar-refractivity contribution is 5.95. The summed E-state index contributed by atoms with van der Waals surface area (Å²) in [5, 5.41) is 5.84. The van der Waals surface area contributed by atoms with Gasteiger partial charge in [-0.25, -0.2) is 4.99 Å². The van der Waals surface area contributed by atoms with E-state index in [9.17, 15) is 9.59 Å². The van der Waals surface area contributed by atoms with E-state index in [1.165, 1.54) is 0 Å². The Morgan fingerprint density at radius 1 is 1.10 bits per heavy atom. The first kappa shape index (κ1) is 22.4. The molecule has 0 aromatic heterocycles. The molecule has 2 amide bonds. The molecular weight excluding hydrogens is 400 g/mol. The van der Waals surface area contributed by atoms with E-state index in [-0.39, 0.29) is 29.4 Å². The zero-order valence-corrected chi connectivity index (χ0v) is 17.6. The minimum atomic E-state index is -0.803. The van der Waals surface area contributed by atoms with Crippen LogP contribution < -0.4 is 27.8 Å². The van der Waals surface area contributed by atoms with Crippen molar-refractivity contribution in [3.05, 3.63) is 41.3 Å². The van der Waals surface area contributed by atoms with E-state index in [0.717, 1.165) is 19.5 Å². The number of guanidine groups is 1. The van der Waals surface area contributed by atoms with Gasteiger partial charge in [0.15, 0.2) is 5.96 Å². The molecular formula is C20H30N8O3. The number of benzene rings is 1. The second kappa shape index (κ2) is 10.1. The molecule has 1 atom stereocenters. The molecule has 11 nitrogen and oxygen atoms in total. The van der Waals surface area contributed by atoms with Gasteiger partial charge in [-0.3, -0.25) is 9.59 Å². The Morgan fingerprint density at radius 2 is 1.77 bits per heavy atom. The summed E-state index contributed by atoms with van der Waals surface area (Å²) in [6.45, 7) is 3.97. The number of carbonyl (C=O) groups excluding carboxylic acids is 2. The summed E-state index contributed by atoms with van der Waals surface area (Å²) in [5.41, 5.74) is 18.2. The second-order valence-electron chi connectivity index (χ2n) is 7.60. The third-order valence-corrected chi connectivity index (χ3v) is 5.18. The molecule has 2 heterocycles. The summed E-state index contributed by atoms with van der Waals surface area (Å²) in [6, 6.07) is 6.89. The number of hydrogen-bond donors (Lipinski definition) is 5. The Bertz CT molecular complexity index is 862. The zero-order chi connectivity index (χ0) is 22.4. The summed E-state index contributed by atoms with van der Waals surface area (Å²) >= 11 is 0. The van der Waals surface area contributed by atoms with Crippen LogP contribution in [0, 0.1) is 0 Å². The lowest BCUT2D eigenvalue weighted by atomic mass is 10.1. The minimum absolute atomic E-state index is 0.0571. The number of nitrogens with one attached hydrogen (secondary N) is 2. The Kier molecular flexibility index (Phi) is 7.32. The predicted octanol–water partition coefficient (Wildman–Crippen LogP) is -1.21. The van der Waals surface area contributed by atoms with Crippen LogP contribution in [0.5, 0.6) is 0 Å². The molecule has 0 radical (unpaired) electrons. The van der Waals surface area contributed by atoms with Gasteiger partial charge in [0, 0.05) is 30.9 Å². The number of carbonyl (C=O) groups is 2. The molecule has 11 heteroatoms. The van der Waals surface area contributed by atoms with Gasteiger partial charge in [0.25, 0.3) is 11.8 Å². The lowest BCUT2D eigenvalue weighted by Crippen LogP contribution is -2.40. The van der Waals surface area contributed by atoms with Gasteiger partial charge in [0.05, 0.1) is 19.3 Å².